The van der Waals surface area contributed by atoms with Gasteiger partial charge in [-0.25, -0.2) is 9.59 Å². The van der Waals surface area contributed by atoms with Crippen LogP contribution in [-0.4, -0.2) is 44.0 Å². The maximum Gasteiger partial charge on any atom is 0.348 e. The number of methoxy groups -OCH3 is 1. The molecule has 9 heteroatoms. The molecule has 1 aliphatic heterocycles. The van der Waals surface area contributed by atoms with Crippen LogP contribution in [0.15, 0.2) is 48.0 Å². The zero-order chi connectivity index (χ0) is 24.0. The quantitative estimate of drug-likeness (QED) is 0.367. The second-order valence-corrected chi connectivity index (χ2v) is 7.41. The number of hydrogen-bond acceptors (Lipinski definition) is 8. The minimum absolute atomic E-state index is 0.235. The van der Waals surface area contributed by atoms with Gasteiger partial charge < -0.3 is 29.0 Å². The van der Waals surface area contributed by atoms with Gasteiger partial charge in [0.2, 0.25) is 0 Å². The number of benzene rings is 2. The monoisotopic (exact) mass is 455 g/mol. The lowest BCUT2D eigenvalue weighted by Gasteiger charge is -2.29. The fourth-order valence-electron chi connectivity index (χ4n) is 3.02. The molecule has 1 amide bonds. The van der Waals surface area contributed by atoms with Crippen LogP contribution >= 0.6 is 0 Å². The fraction of sp³-hybridized carbons (Fsp3) is 0.292. The van der Waals surface area contributed by atoms with Gasteiger partial charge in [-0.1, -0.05) is 18.2 Å². The lowest BCUT2D eigenvalue weighted by Crippen LogP contribution is -2.41. The maximum atomic E-state index is 12.3. The van der Waals surface area contributed by atoms with E-state index in [0.717, 1.165) is 0 Å². The van der Waals surface area contributed by atoms with Gasteiger partial charge in [0.05, 0.1) is 19.4 Å². The van der Waals surface area contributed by atoms with Gasteiger partial charge in [-0.2, -0.15) is 0 Å². The van der Waals surface area contributed by atoms with Crippen molar-refractivity contribution < 1.29 is 38.1 Å². The van der Waals surface area contributed by atoms with E-state index in [2.05, 4.69) is 5.32 Å². The highest BCUT2D eigenvalue weighted by Crippen LogP contribution is 2.31. The van der Waals surface area contributed by atoms with Gasteiger partial charge in [0.1, 0.15) is 11.3 Å². The van der Waals surface area contributed by atoms with Crippen LogP contribution < -0.4 is 19.5 Å². The van der Waals surface area contributed by atoms with E-state index >= 15 is 0 Å². The smallest absolute Gasteiger partial charge is 0.348 e. The zero-order valence-electron chi connectivity index (χ0n) is 18.8. The molecule has 1 heterocycles. The third-order valence-electron chi connectivity index (χ3n) is 4.44. The first-order valence-corrected chi connectivity index (χ1v) is 10.2. The minimum Gasteiger partial charge on any atom is -0.495 e. The van der Waals surface area contributed by atoms with E-state index in [1.807, 2.05) is 0 Å². The van der Waals surface area contributed by atoms with E-state index in [1.54, 1.807) is 49.4 Å². The van der Waals surface area contributed by atoms with Crippen molar-refractivity contribution >= 4 is 29.6 Å². The number of ether oxygens (including phenoxy) is 5. The summed E-state index contributed by atoms with van der Waals surface area (Å²) in [6.45, 7) is 4.81. The Morgan fingerprint density at radius 3 is 2.36 bits per heavy atom. The first-order valence-electron chi connectivity index (χ1n) is 10.2. The fourth-order valence-corrected chi connectivity index (χ4v) is 3.02. The second-order valence-electron chi connectivity index (χ2n) is 7.41. The molecule has 1 aliphatic rings. The maximum absolute atomic E-state index is 12.3. The van der Waals surface area contributed by atoms with Crippen molar-refractivity contribution in [3.05, 3.63) is 53.6 Å². The molecule has 0 radical (unpaired) electrons. The van der Waals surface area contributed by atoms with Crippen LogP contribution in [0.25, 0.3) is 6.08 Å². The van der Waals surface area contributed by atoms with Crippen molar-refractivity contribution in [2.24, 2.45) is 0 Å². The number of cyclic esters (lactones) is 2. The molecule has 0 bridgehead atoms. The highest BCUT2D eigenvalue weighted by molar-refractivity contribution is 6.18. The number of rotatable bonds is 8. The Morgan fingerprint density at radius 1 is 1.00 bits per heavy atom. The van der Waals surface area contributed by atoms with E-state index in [4.69, 9.17) is 23.7 Å². The molecule has 0 atom stereocenters. The minimum atomic E-state index is -1.32. The molecule has 2 aromatic carbocycles. The second kappa shape index (κ2) is 10.1. The lowest BCUT2D eigenvalue weighted by atomic mass is 10.1. The molecule has 1 N–H and O–H groups in total. The molecule has 33 heavy (non-hydrogen) atoms. The molecule has 9 nitrogen and oxygen atoms in total. The standard InChI is InChI=1S/C24H25NO8/c1-5-30-20-13-15(12-16-22(27)32-24(2,3)33-23(16)28)10-11-19(20)31-14-21(26)25-17-8-6-7-9-18(17)29-4/h6-13H,5,14H2,1-4H3,(H,25,26). The number of carbonyl (C=O) groups excluding carboxylic acids is 3. The highest BCUT2D eigenvalue weighted by Gasteiger charge is 2.38. The molecule has 0 aliphatic carbocycles. The zero-order valence-corrected chi connectivity index (χ0v) is 18.8. The Bertz CT molecular complexity index is 1070. The number of esters is 2. The molecule has 0 aromatic heterocycles. The van der Waals surface area contributed by atoms with E-state index in [1.165, 1.54) is 27.0 Å². The van der Waals surface area contributed by atoms with Crippen molar-refractivity contribution in [1.29, 1.82) is 0 Å². The van der Waals surface area contributed by atoms with Gasteiger partial charge in [0.25, 0.3) is 11.7 Å². The number of amides is 1. The summed E-state index contributed by atoms with van der Waals surface area (Å²) in [7, 11) is 1.51. The molecule has 0 unspecified atom stereocenters. The Morgan fingerprint density at radius 2 is 1.70 bits per heavy atom. The van der Waals surface area contributed by atoms with Crippen LogP contribution in [0.2, 0.25) is 0 Å². The van der Waals surface area contributed by atoms with Crippen molar-refractivity contribution in [3.8, 4) is 17.2 Å². The van der Waals surface area contributed by atoms with Gasteiger partial charge in [0, 0.05) is 13.8 Å². The molecular formula is C24H25NO8. The van der Waals surface area contributed by atoms with E-state index in [-0.39, 0.29) is 18.1 Å². The van der Waals surface area contributed by atoms with Crippen LogP contribution in [0, 0.1) is 0 Å². The molecule has 0 spiro atoms. The van der Waals surface area contributed by atoms with Crippen LogP contribution in [0.3, 0.4) is 0 Å². The normalized spacial score (nSPS) is 14.6. The molecule has 2 aromatic rings. The Kier molecular flexibility index (Phi) is 7.22. The summed E-state index contributed by atoms with van der Waals surface area (Å²) in [6, 6.07) is 11.8. The SMILES string of the molecule is CCOc1cc(C=C2C(=O)OC(C)(C)OC2=O)ccc1OCC(=O)Nc1ccccc1OC. The summed E-state index contributed by atoms with van der Waals surface area (Å²) in [4.78, 5) is 36.7. The predicted octanol–water partition coefficient (Wildman–Crippen LogP) is 3.33. The Balaban J connectivity index is 1.73. The van der Waals surface area contributed by atoms with Crippen LogP contribution in [0.1, 0.15) is 26.3 Å². The number of carbonyl (C=O) groups is 3. The third kappa shape index (κ3) is 6.03. The summed E-state index contributed by atoms with van der Waals surface area (Å²) in [6.07, 6.45) is 1.35. The summed E-state index contributed by atoms with van der Waals surface area (Å²) < 4.78 is 26.6. The van der Waals surface area contributed by atoms with Gasteiger partial charge in [0.15, 0.2) is 18.1 Å². The van der Waals surface area contributed by atoms with Gasteiger partial charge in [-0.15, -0.1) is 0 Å². The highest BCUT2D eigenvalue weighted by atomic mass is 16.7. The number of hydrogen-bond donors (Lipinski definition) is 1. The number of anilines is 1. The van der Waals surface area contributed by atoms with Crippen LogP contribution in [0.4, 0.5) is 5.69 Å². The predicted molar refractivity (Wildman–Crippen MR) is 119 cm³/mol. The topological polar surface area (TPSA) is 109 Å². The summed E-state index contributed by atoms with van der Waals surface area (Å²) in [5.41, 5.74) is 0.782. The Hall–Kier alpha value is -4.01. The summed E-state index contributed by atoms with van der Waals surface area (Å²) in [5.74, 6) is -2.06. The third-order valence-corrected chi connectivity index (χ3v) is 4.44. The van der Waals surface area contributed by atoms with Crippen LogP contribution in [0.5, 0.6) is 17.2 Å². The van der Waals surface area contributed by atoms with Crippen molar-refractivity contribution in [2.45, 2.75) is 26.6 Å². The van der Waals surface area contributed by atoms with E-state index in [9.17, 15) is 14.4 Å². The van der Waals surface area contributed by atoms with E-state index in [0.29, 0.717) is 35.1 Å². The van der Waals surface area contributed by atoms with Gasteiger partial charge in [-0.3, -0.25) is 4.79 Å². The average Bonchev–Trinajstić information content (AvgIpc) is 2.75. The van der Waals surface area contributed by atoms with Crippen LogP contribution in [-0.2, 0) is 23.9 Å². The molecule has 0 saturated carbocycles. The van der Waals surface area contributed by atoms with Crippen molar-refractivity contribution in [3.63, 3.8) is 0 Å². The van der Waals surface area contributed by atoms with E-state index < -0.39 is 17.7 Å². The summed E-state index contributed by atoms with van der Waals surface area (Å²) in [5, 5.41) is 2.72. The van der Waals surface area contributed by atoms with Gasteiger partial charge in [-0.05, 0) is 42.8 Å². The molecular weight excluding hydrogens is 430 g/mol. The molecule has 1 fully saturated rings. The molecule has 1 saturated heterocycles. The van der Waals surface area contributed by atoms with Gasteiger partial charge >= 0.3 is 11.9 Å². The number of nitrogens with one attached hydrogen (secondary N) is 1. The largest absolute Gasteiger partial charge is 0.495 e. The van der Waals surface area contributed by atoms with Crippen molar-refractivity contribution in [2.75, 3.05) is 25.6 Å². The first-order chi connectivity index (χ1) is 15.7. The molecule has 174 valence electrons. The summed E-state index contributed by atoms with van der Waals surface area (Å²) >= 11 is 0. The molecule has 3 rings (SSSR count). The number of para-hydroxylation sites is 2. The van der Waals surface area contributed by atoms with Crippen molar-refractivity contribution in [1.82, 2.24) is 0 Å². The Labute approximate surface area is 191 Å². The lowest BCUT2D eigenvalue weighted by molar-refractivity contribution is -0.222. The first kappa shape index (κ1) is 23.6. The average molecular weight is 455 g/mol.